The fraction of sp³-hybridized carbons (Fsp3) is 0.500. The van der Waals surface area contributed by atoms with Crippen molar-refractivity contribution >= 4 is 5.91 Å². The number of aliphatic hydroxyl groups is 1. The lowest BCUT2D eigenvalue weighted by atomic mass is 9.87. The highest BCUT2D eigenvalue weighted by Gasteiger charge is 2.46. The van der Waals surface area contributed by atoms with Crippen LogP contribution < -0.4 is 5.32 Å². The number of carbonyl (C=O) groups excluding carboxylic acids is 1. The number of nitrogens with zero attached hydrogens (tertiary/aromatic N) is 4. The molecule has 7 nitrogen and oxygen atoms in total. The molecule has 4 rings (SSSR count). The molecule has 1 fully saturated rings. The van der Waals surface area contributed by atoms with Gasteiger partial charge in [0.25, 0.3) is 5.91 Å². The van der Waals surface area contributed by atoms with Crippen molar-refractivity contribution in [2.24, 2.45) is 5.41 Å². The van der Waals surface area contributed by atoms with E-state index in [1.54, 1.807) is 11.1 Å². The van der Waals surface area contributed by atoms with Crippen LogP contribution in [0.15, 0.2) is 30.6 Å². The molecule has 0 bridgehead atoms. The Morgan fingerprint density at radius 3 is 2.76 bits per heavy atom. The Morgan fingerprint density at radius 2 is 2.12 bits per heavy atom. The number of aromatic nitrogens is 3. The molecule has 0 aromatic carbocycles. The van der Waals surface area contributed by atoms with Crippen LogP contribution in [0.5, 0.6) is 0 Å². The van der Waals surface area contributed by atoms with E-state index in [1.165, 1.54) is 0 Å². The van der Waals surface area contributed by atoms with Gasteiger partial charge in [-0.25, -0.2) is 9.67 Å². The molecule has 2 aromatic heterocycles. The van der Waals surface area contributed by atoms with Gasteiger partial charge >= 0.3 is 0 Å². The van der Waals surface area contributed by atoms with Crippen LogP contribution in [-0.2, 0) is 17.8 Å². The maximum absolute atomic E-state index is 12.8. The highest BCUT2D eigenvalue weighted by Crippen LogP contribution is 2.32. The van der Waals surface area contributed by atoms with E-state index in [2.05, 4.69) is 29.2 Å². The maximum Gasteiger partial charge on any atom is 0.257 e. The molecule has 1 amide bonds. The SMILES string of the molecule is CC1(C)Cc2c(cnn2-c2ccccn2)CN(C(=O)C2(O)CNC2)C1. The van der Waals surface area contributed by atoms with E-state index in [0.29, 0.717) is 26.2 Å². The van der Waals surface area contributed by atoms with E-state index in [1.807, 2.05) is 29.1 Å². The number of nitrogens with one attached hydrogen (secondary N) is 1. The minimum absolute atomic E-state index is 0.124. The number of pyridine rings is 1. The normalized spacial score (nSPS) is 21.2. The lowest BCUT2D eigenvalue weighted by Gasteiger charge is -2.41. The Labute approximate surface area is 146 Å². The molecule has 1 saturated heterocycles. The van der Waals surface area contributed by atoms with Crippen molar-refractivity contribution < 1.29 is 9.90 Å². The van der Waals surface area contributed by atoms with Gasteiger partial charge in [-0.05, 0) is 24.0 Å². The minimum atomic E-state index is -1.27. The molecule has 4 heterocycles. The van der Waals surface area contributed by atoms with Crippen LogP contribution in [-0.4, -0.2) is 55.9 Å². The Hall–Kier alpha value is -2.25. The van der Waals surface area contributed by atoms with Crippen LogP contribution in [0.4, 0.5) is 0 Å². The Kier molecular flexibility index (Phi) is 3.66. The van der Waals surface area contributed by atoms with E-state index in [9.17, 15) is 9.90 Å². The lowest BCUT2D eigenvalue weighted by Crippen LogP contribution is -2.68. The number of amides is 1. The maximum atomic E-state index is 12.8. The van der Waals surface area contributed by atoms with Crippen molar-refractivity contribution in [2.75, 3.05) is 19.6 Å². The third-order valence-electron chi connectivity index (χ3n) is 4.97. The predicted molar refractivity (Wildman–Crippen MR) is 92.1 cm³/mol. The van der Waals surface area contributed by atoms with E-state index >= 15 is 0 Å². The standard InChI is InChI=1S/C18H23N5O2/c1-17(2)7-14-13(8-21-23(14)15-5-3-4-6-20-15)9-22(12-17)16(24)18(25)10-19-11-18/h3-6,8,19,25H,7,9-12H2,1-2H3. The summed E-state index contributed by atoms with van der Waals surface area (Å²) in [5.74, 6) is 0.582. The van der Waals surface area contributed by atoms with Gasteiger partial charge in [-0.3, -0.25) is 4.79 Å². The molecule has 2 N–H and O–H groups in total. The van der Waals surface area contributed by atoms with Crippen LogP contribution in [0.3, 0.4) is 0 Å². The number of β-amino-alcohol motifs (C(OH)–C–C–N with tert-alkyl or cyclic N) is 1. The summed E-state index contributed by atoms with van der Waals surface area (Å²) in [4.78, 5) is 19.0. The van der Waals surface area contributed by atoms with Crippen LogP contribution in [0, 0.1) is 5.41 Å². The van der Waals surface area contributed by atoms with Gasteiger partial charge < -0.3 is 15.3 Å². The van der Waals surface area contributed by atoms with Crippen molar-refractivity contribution in [1.82, 2.24) is 25.0 Å². The van der Waals surface area contributed by atoms with Gasteiger partial charge in [-0.2, -0.15) is 5.10 Å². The highest BCUT2D eigenvalue weighted by molar-refractivity contribution is 5.86. The third-order valence-corrected chi connectivity index (χ3v) is 4.97. The van der Waals surface area contributed by atoms with E-state index in [0.717, 1.165) is 23.5 Å². The zero-order chi connectivity index (χ0) is 17.7. The topological polar surface area (TPSA) is 83.3 Å². The molecule has 2 aliphatic heterocycles. The Morgan fingerprint density at radius 1 is 1.32 bits per heavy atom. The summed E-state index contributed by atoms with van der Waals surface area (Å²) in [6.07, 6.45) is 4.36. The highest BCUT2D eigenvalue weighted by atomic mass is 16.3. The van der Waals surface area contributed by atoms with Gasteiger partial charge in [-0.15, -0.1) is 0 Å². The molecule has 0 aliphatic carbocycles. The summed E-state index contributed by atoms with van der Waals surface area (Å²) in [6.45, 7) is 5.99. The molecule has 0 unspecified atom stereocenters. The fourth-order valence-corrected chi connectivity index (χ4v) is 3.64. The Bertz CT molecular complexity index is 795. The van der Waals surface area contributed by atoms with Gasteiger partial charge in [-0.1, -0.05) is 19.9 Å². The number of fused-ring (bicyclic) bond motifs is 1. The first kappa shape index (κ1) is 16.2. The molecular formula is C18H23N5O2. The first-order valence-corrected chi connectivity index (χ1v) is 8.58. The van der Waals surface area contributed by atoms with Crippen LogP contribution >= 0.6 is 0 Å². The van der Waals surface area contributed by atoms with Gasteiger partial charge in [0, 0.05) is 37.9 Å². The monoisotopic (exact) mass is 341 g/mol. The lowest BCUT2D eigenvalue weighted by molar-refractivity contribution is -0.158. The number of hydrogen-bond acceptors (Lipinski definition) is 5. The van der Waals surface area contributed by atoms with Crippen LogP contribution in [0.1, 0.15) is 25.1 Å². The number of hydrogen-bond donors (Lipinski definition) is 2. The van der Waals surface area contributed by atoms with Crippen LogP contribution in [0.25, 0.3) is 5.82 Å². The van der Waals surface area contributed by atoms with Crippen LogP contribution in [0.2, 0.25) is 0 Å². The van der Waals surface area contributed by atoms with E-state index in [4.69, 9.17) is 0 Å². The summed E-state index contributed by atoms with van der Waals surface area (Å²) in [5.41, 5.74) is 0.705. The van der Waals surface area contributed by atoms with Gasteiger partial charge in [0.2, 0.25) is 0 Å². The number of carbonyl (C=O) groups is 1. The van der Waals surface area contributed by atoms with Crippen molar-refractivity contribution in [2.45, 2.75) is 32.4 Å². The Balaban J connectivity index is 1.70. The largest absolute Gasteiger partial charge is 0.377 e. The van der Waals surface area contributed by atoms with Crippen molar-refractivity contribution in [1.29, 1.82) is 0 Å². The first-order chi connectivity index (χ1) is 11.9. The molecule has 25 heavy (non-hydrogen) atoms. The minimum Gasteiger partial charge on any atom is -0.377 e. The molecule has 2 aliphatic rings. The molecule has 0 radical (unpaired) electrons. The van der Waals surface area contributed by atoms with E-state index in [-0.39, 0.29) is 11.3 Å². The first-order valence-electron chi connectivity index (χ1n) is 8.58. The molecule has 7 heteroatoms. The predicted octanol–water partition coefficient (Wildman–Crippen LogP) is 0.513. The molecule has 0 atom stereocenters. The summed E-state index contributed by atoms with van der Waals surface area (Å²) in [5, 5.41) is 17.9. The van der Waals surface area contributed by atoms with Gasteiger partial charge in [0.05, 0.1) is 11.9 Å². The second-order valence-electron chi connectivity index (χ2n) is 7.85. The summed E-state index contributed by atoms with van der Waals surface area (Å²) in [6, 6.07) is 5.74. The summed E-state index contributed by atoms with van der Waals surface area (Å²) in [7, 11) is 0. The molecule has 0 spiro atoms. The van der Waals surface area contributed by atoms with Crippen molar-refractivity contribution in [3.8, 4) is 5.82 Å². The smallest absolute Gasteiger partial charge is 0.257 e. The molecule has 2 aromatic rings. The second-order valence-corrected chi connectivity index (χ2v) is 7.85. The van der Waals surface area contributed by atoms with Crippen molar-refractivity contribution in [3.63, 3.8) is 0 Å². The zero-order valence-electron chi connectivity index (χ0n) is 14.6. The average Bonchev–Trinajstić information content (AvgIpc) is 2.87. The van der Waals surface area contributed by atoms with Gasteiger partial charge in [0.15, 0.2) is 11.4 Å². The van der Waals surface area contributed by atoms with Gasteiger partial charge in [0.1, 0.15) is 0 Å². The second kappa shape index (κ2) is 5.64. The molecular weight excluding hydrogens is 318 g/mol. The van der Waals surface area contributed by atoms with Crippen molar-refractivity contribution in [3.05, 3.63) is 41.9 Å². The molecule has 132 valence electrons. The summed E-state index contributed by atoms with van der Waals surface area (Å²) < 4.78 is 1.87. The molecule has 0 saturated carbocycles. The number of rotatable bonds is 2. The fourth-order valence-electron chi connectivity index (χ4n) is 3.64. The third kappa shape index (κ3) is 2.83. The zero-order valence-corrected chi connectivity index (χ0v) is 14.6. The quantitative estimate of drug-likeness (QED) is 0.832. The average molecular weight is 341 g/mol. The summed E-state index contributed by atoms with van der Waals surface area (Å²) >= 11 is 0. The van der Waals surface area contributed by atoms with E-state index < -0.39 is 5.60 Å².